The van der Waals surface area contributed by atoms with Crippen LogP contribution in [-0.4, -0.2) is 15.0 Å². The average molecular weight is 713 g/mol. The lowest BCUT2D eigenvalue weighted by Crippen LogP contribution is -2.29. The second-order valence-electron chi connectivity index (χ2n) is 14.1. The Balaban J connectivity index is 1.18. The summed E-state index contributed by atoms with van der Waals surface area (Å²) in [5.41, 5.74) is 10.8. The van der Waals surface area contributed by atoms with Gasteiger partial charge in [0.2, 0.25) is 0 Å². The third kappa shape index (κ3) is 6.53. The molecule has 0 saturated carbocycles. The van der Waals surface area contributed by atoms with Crippen molar-refractivity contribution in [1.82, 2.24) is 15.0 Å². The van der Waals surface area contributed by atoms with Gasteiger partial charge in [-0.05, 0) is 95.3 Å². The van der Waals surface area contributed by atoms with Crippen molar-refractivity contribution in [3.05, 3.63) is 187 Å². The molecule has 2 heterocycles. The number of aromatic nitrogens is 3. The fourth-order valence-corrected chi connectivity index (χ4v) is 7.29. The molecule has 0 atom stereocenters. The van der Waals surface area contributed by atoms with Crippen LogP contribution in [0.15, 0.2) is 164 Å². The standard InChI is InChI=1S/C49H33FN4O/c1-49(2)44-21-8-7-20-42(44)43-23-22-35(30-45(43)55-49)38-26-39(28-40(50)27-38)48-53-46(36-17-9-14-32(24-36)31-12-5-4-6-13-31)52-47(54-48)37-18-10-15-33(25-37)34-16-11-19-41(29-34)51-3/h4-30H,1-2H3. The fourth-order valence-electron chi connectivity index (χ4n) is 7.29. The number of hydrogen-bond donors (Lipinski definition) is 0. The second-order valence-corrected chi connectivity index (χ2v) is 14.1. The van der Waals surface area contributed by atoms with E-state index in [1.54, 1.807) is 6.07 Å². The zero-order valence-electron chi connectivity index (χ0n) is 30.2. The van der Waals surface area contributed by atoms with Gasteiger partial charge in [-0.1, -0.05) is 121 Å². The molecule has 0 radical (unpaired) electrons. The summed E-state index contributed by atoms with van der Waals surface area (Å²) in [6.07, 6.45) is 0. The van der Waals surface area contributed by atoms with E-state index < -0.39 is 11.4 Å². The monoisotopic (exact) mass is 712 g/mol. The normalized spacial score (nSPS) is 12.5. The summed E-state index contributed by atoms with van der Waals surface area (Å²) in [4.78, 5) is 18.6. The van der Waals surface area contributed by atoms with Gasteiger partial charge in [0.15, 0.2) is 23.2 Å². The van der Waals surface area contributed by atoms with Crippen LogP contribution in [0.4, 0.5) is 10.1 Å². The van der Waals surface area contributed by atoms with E-state index in [-0.39, 0.29) is 0 Å². The van der Waals surface area contributed by atoms with E-state index in [9.17, 15) is 0 Å². The van der Waals surface area contributed by atoms with Crippen molar-refractivity contribution in [2.75, 3.05) is 0 Å². The highest BCUT2D eigenvalue weighted by Gasteiger charge is 2.32. The number of benzene rings is 7. The van der Waals surface area contributed by atoms with E-state index in [1.165, 1.54) is 12.1 Å². The van der Waals surface area contributed by atoms with Crippen LogP contribution in [0, 0.1) is 12.4 Å². The minimum Gasteiger partial charge on any atom is -0.482 e. The van der Waals surface area contributed by atoms with E-state index in [4.69, 9.17) is 26.3 Å². The molecular weight excluding hydrogens is 680 g/mol. The Kier molecular flexibility index (Phi) is 8.33. The third-order valence-corrected chi connectivity index (χ3v) is 9.99. The molecule has 0 fully saturated rings. The van der Waals surface area contributed by atoms with Crippen LogP contribution in [-0.2, 0) is 5.60 Å². The Labute approximate surface area is 319 Å². The molecule has 8 aromatic rings. The first-order valence-electron chi connectivity index (χ1n) is 18.1. The second kappa shape index (κ2) is 13.6. The Hall–Kier alpha value is -7.23. The van der Waals surface area contributed by atoms with Gasteiger partial charge in [0, 0.05) is 27.8 Å². The lowest BCUT2D eigenvalue weighted by Gasteiger charge is -2.35. The number of ether oxygens (including phenoxy) is 1. The highest BCUT2D eigenvalue weighted by atomic mass is 19.1. The highest BCUT2D eigenvalue weighted by Crippen LogP contribution is 2.46. The Morgan fingerprint density at radius 3 is 1.71 bits per heavy atom. The van der Waals surface area contributed by atoms with Crippen molar-refractivity contribution in [2.24, 2.45) is 0 Å². The number of fused-ring (bicyclic) bond motifs is 3. The minimum atomic E-state index is -0.526. The van der Waals surface area contributed by atoms with E-state index in [0.29, 0.717) is 34.3 Å². The Morgan fingerprint density at radius 1 is 0.473 bits per heavy atom. The van der Waals surface area contributed by atoms with Crippen molar-refractivity contribution >= 4 is 5.69 Å². The summed E-state index contributed by atoms with van der Waals surface area (Å²) in [5.74, 6) is 1.59. The number of rotatable bonds is 6. The molecule has 0 bridgehead atoms. The van der Waals surface area contributed by atoms with Gasteiger partial charge in [-0.25, -0.2) is 24.2 Å². The molecule has 1 aliphatic heterocycles. The van der Waals surface area contributed by atoms with Gasteiger partial charge in [-0.3, -0.25) is 0 Å². The van der Waals surface area contributed by atoms with Gasteiger partial charge in [0.05, 0.1) is 6.57 Å². The van der Waals surface area contributed by atoms with Crippen LogP contribution in [0.3, 0.4) is 0 Å². The first-order chi connectivity index (χ1) is 26.8. The largest absolute Gasteiger partial charge is 0.482 e. The number of nitrogens with zero attached hydrogens (tertiary/aromatic N) is 4. The number of halogens is 1. The smallest absolute Gasteiger partial charge is 0.187 e. The van der Waals surface area contributed by atoms with Crippen LogP contribution in [0.5, 0.6) is 5.75 Å². The van der Waals surface area contributed by atoms with Crippen LogP contribution in [0.2, 0.25) is 0 Å². The van der Waals surface area contributed by atoms with Gasteiger partial charge >= 0.3 is 0 Å². The van der Waals surface area contributed by atoms with Crippen LogP contribution < -0.4 is 4.74 Å². The zero-order chi connectivity index (χ0) is 37.5. The minimum absolute atomic E-state index is 0.343. The molecule has 5 nitrogen and oxygen atoms in total. The van der Waals surface area contributed by atoms with Crippen molar-refractivity contribution < 1.29 is 9.13 Å². The molecule has 0 aliphatic carbocycles. The van der Waals surface area contributed by atoms with Gasteiger partial charge in [0.25, 0.3) is 0 Å². The molecule has 0 unspecified atom stereocenters. The first kappa shape index (κ1) is 33.6. The summed E-state index contributed by atoms with van der Waals surface area (Å²) >= 11 is 0. The first-order valence-corrected chi connectivity index (χ1v) is 18.1. The van der Waals surface area contributed by atoms with Crippen molar-refractivity contribution in [2.45, 2.75) is 19.4 Å². The van der Waals surface area contributed by atoms with Gasteiger partial charge in [-0.2, -0.15) is 0 Å². The molecule has 0 saturated heterocycles. The third-order valence-electron chi connectivity index (χ3n) is 9.99. The van der Waals surface area contributed by atoms with E-state index in [1.807, 2.05) is 109 Å². The van der Waals surface area contributed by atoms with E-state index >= 15 is 4.39 Å². The Bertz CT molecular complexity index is 2810. The van der Waals surface area contributed by atoms with E-state index in [2.05, 4.69) is 55.1 Å². The topological polar surface area (TPSA) is 52.3 Å². The maximum absolute atomic E-state index is 15.7. The molecule has 7 aromatic carbocycles. The van der Waals surface area contributed by atoms with Crippen LogP contribution in [0.1, 0.15) is 19.4 Å². The van der Waals surface area contributed by atoms with Gasteiger partial charge in [0.1, 0.15) is 17.2 Å². The maximum atomic E-state index is 15.7. The average Bonchev–Trinajstić information content (AvgIpc) is 3.23. The molecule has 0 spiro atoms. The lowest BCUT2D eigenvalue weighted by molar-refractivity contribution is 0.106. The van der Waals surface area contributed by atoms with Crippen LogP contribution in [0.25, 0.3) is 83.5 Å². The SMILES string of the molecule is [C-]#[N+]c1cccc(-c2cccc(-c3nc(-c4cccc(-c5ccccc5)c4)nc(-c4cc(F)cc(-c5ccc6c(c5)OC(C)(C)c5ccccc5-6)c4)n3)c2)c1. The maximum Gasteiger partial charge on any atom is 0.187 e. The molecule has 0 amide bonds. The zero-order valence-corrected chi connectivity index (χ0v) is 30.2. The molecule has 9 rings (SSSR count). The van der Waals surface area contributed by atoms with E-state index in [0.717, 1.165) is 61.4 Å². The Morgan fingerprint density at radius 2 is 1.00 bits per heavy atom. The molecule has 262 valence electrons. The predicted octanol–water partition coefficient (Wildman–Crippen LogP) is 12.9. The molecule has 1 aliphatic rings. The molecule has 0 N–H and O–H groups in total. The quantitative estimate of drug-likeness (QED) is 0.161. The summed E-state index contributed by atoms with van der Waals surface area (Å²) in [5, 5.41) is 0. The lowest BCUT2D eigenvalue weighted by atomic mass is 9.85. The molecular formula is C49H33FN4O. The van der Waals surface area contributed by atoms with Crippen molar-refractivity contribution in [3.8, 4) is 84.4 Å². The summed E-state index contributed by atoms with van der Waals surface area (Å²) in [7, 11) is 0. The van der Waals surface area contributed by atoms with Crippen molar-refractivity contribution in [1.29, 1.82) is 0 Å². The number of hydrogen-bond acceptors (Lipinski definition) is 4. The van der Waals surface area contributed by atoms with Gasteiger partial charge < -0.3 is 4.74 Å². The summed E-state index contributed by atoms with van der Waals surface area (Å²) in [6, 6.07) is 52.9. The van der Waals surface area contributed by atoms with Crippen LogP contribution >= 0.6 is 0 Å². The molecule has 6 heteroatoms. The predicted molar refractivity (Wildman–Crippen MR) is 218 cm³/mol. The summed E-state index contributed by atoms with van der Waals surface area (Å²) < 4.78 is 22.3. The van der Waals surface area contributed by atoms with Crippen molar-refractivity contribution in [3.63, 3.8) is 0 Å². The fraction of sp³-hybridized carbons (Fsp3) is 0.0612. The molecule has 55 heavy (non-hydrogen) atoms. The highest BCUT2D eigenvalue weighted by molar-refractivity contribution is 5.82. The van der Waals surface area contributed by atoms with Gasteiger partial charge in [-0.15, -0.1) is 0 Å². The molecule has 1 aromatic heterocycles. The summed E-state index contributed by atoms with van der Waals surface area (Å²) in [6.45, 7) is 11.6.